The van der Waals surface area contributed by atoms with Crippen molar-refractivity contribution >= 4 is 40.3 Å². The number of nitrogens with zero attached hydrogens (tertiary/aromatic N) is 2. The average molecular weight is 374 g/mol. The monoisotopic (exact) mass is 373 g/mol. The Kier molecular flexibility index (Phi) is 6.31. The van der Waals surface area contributed by atoms with Crippen LogP contribution < -0.4 is 5.32 Å². The maximum Gasteiger partial charge on any atom is 0.169 e. The number of rotatable bonds is 4. The van der Waals surface area contributed by atoms with E-state index < -0.39 is 0 Å². The molecule has 6 heteroatoms. The normalized spacial score (nSPS) is 31.2. The van der Waals surface area contributed by atoms with Crippen LogP contribution in [0.4, 0.5) is 0 Å². The van der Waals surface area contributed by atoms with Crippen molar-refractivity contribution < 1.29 is 0 Å². The Morgan fingerprint density at radius 3 is 2.74 bits per heavy atom. The summed E-state index contributed by atoms with van der Waals surface area (Å²) in [6.45, 7) is 9.86. The van der Waals surface area contributed by atoms with E-state index in [1.807, 2.05) is 18.8 Å². The molecule has 0 aromatic carbocycles. The van der Waals surface area contributed by atoms with E-state index in [1.54, 1.807) is 11.3 Å². The van der Waals surface area contributed by atoms with Crippen LogP contribution in [0.2, 0.25) is 0 Å². The lowest BCUT2D eigenvalue weighted by atomic mass is 9.63. The number of hydrogen-bond donors (Lipinski definition) is 1. The molecule has 4 unspecified atom stereocenters. The molecule has 1 aliphatic carbocycles. The standard InChI is InChI=1S/C17H28ClN3S2/c1-6-21(16(22)19-5)17(14-9-20-10-23-14)13(11(2)3)8-7-12(4)15(17)18/h9-13,15H,6-8H2,1-5H3,(H,19,22). The number of thiazole rings is 1. The van der Waals surface area contributed by atoms with Crippen molar-refractivity contribution in [2.45, 2.75) is 51.5 Å². The quantitative estimate of drug-likeness (QED) is 0.622. The minimum atomic E-state index is -0.288. The van der Waals surface area contributed by atoms with E-state index in [1.165, 1.54) is 17.7 Å². The Labute approximate surface area is 154 Å². The van der Waals surface area contributed by atoms with Crippen molar-refractivity contribution in [2.75, 3.05) is 13.6 Å². The number of nitrogens with one attached hydrogen (secondary N) is 1. The predicted molar refractivity (Wildman–Crippen MR) is 104 cm³/mol. The molecule has 0 radical (unpaired) electrons. The maximum absolute atomic E-state index is 7.14. The van der Waals surface area contributed by atoms with E-state index in [0.29, 0.717) is 17.8 Å². The van der Waals surface area contributed by atoms with Crippen molar-refractivity contribution in [3.05, 3.63) is 16.6 Å². The van der Waals surface area contributed by atoms with Crippen LogP contribution in [0.1, 0.15) is 45.4 Å². The topological polar surface area (TPSA) is 28.2 Å². The van der Waals surface area contributed by atoms with Gasteiger partial charge in [-0.15, -0.1) is 22.9 Å². The zero-order valence-corrected chi connectivity index (χ0v) is 17.1. The first kappa shape index (κ1) is 18.9. The summed E-state index contributed by atoms with van der Waals surface area (Å²) >= 11 is 14.5. The van der Waals surface area contributed by atoms with Gasteiger partial charge < -0.3 is 10.2 Å². The summed E-state index contributed by atoms with van der Waals surface area (Å²) in [5, 5.41) is 3.96. The Morgan fingerprint density at radius 2 is 2.26 bits per heavy atom. The minimum Gasteiger partial charge on any atom is -0.366 e. The van der Waals surface area contributed by atoms with Gasteiger partial charge in [0.05, 0.1) is 21.3 Å². The van der Waals surface area contributed by atoms with Crippen LogP contribution in [0, 0.1) is 17.8 Å². The molecule has 23 heavy (non-hydrogen) atoms. The summed E-state index contributed by atoms with van der Waals surface area (Å²) in [6.07, 6.45) is 4.33. The third-order valence-corrected chi connectivity index (χ3v) is 7.37. The first-order valence-corrected chi connectivity index (χ1v) is 10.2. The van der Waals surface area contributed by atoms with Crippen LogP contribution in [0.25, 0.3) is 0 Å². The van der Waals surface area contributed by atoms with Gasteiger partial charge in [0.25, 0.3) is 0 Å². The van der Waals surface area contributed by atoms with Crippen LogP contribution in [0.15, 0.2) is 11.7 Å². The summed E-state index contributed by atoms with van der Waals surface area (Å²) < 4.78 is 0. The molecule has 0 spiro atoms. The number of alkyl halides is 1. The highest BCUT2D eigenvalue weighted by atomic mass is 35.5. The van der Waals surface area contributed by atoms with Crippen LogP contribution in [-0.2, 0) is 5.54 Å². The Hall–Kier alpha value is -0.390. The highest BCUT2D eigenvalue weighted by Crippen LogP contribution is 2.54. The maximum atomic E-state index is 7.14. The lowest BCUT2D eigenvalue weighted by molar-refractivity contribution is 0.0110. The molecule has 2 rings (SSSR count). The molecule has 1 fully saturated rings. The third-order valence-electron chi connectivity index (χ3n) is 5.27. The molecular formula is C17H28ClN3S2. The second kappa shape index (κ2) is 7.66. The molecular weight excluding hydrogens is 346 g/mol. The predicted octanol–water partition coefficient (Wildman–Crippen LogP) is 4.47. The third kappa shape index (κ3) is 3.12. The Bertz CT molecular complexity index is 520. The van der Waals surface area contributed by atoms with E-state index in [9.17, 15) is 0 Å². The van der Waals surface area contributed by atoms with Crippen molar-refractivity contribution in [3.8, 4) is 0 Å². The van der Waals surface area contributed by atoms with Crippen LogP contribution in [-0.4, -0.2) is 34.0 Å². The van der Waals surface area contributed by atoms with Gasteiger partial charge in [-0.1, -0.05) is 20.8 Å². The minimum absolute atomic E-state index is 0.00958. The van der Waals surface area contributed by atoms with Crippen molar-refractivity contribution in [1.29, 1.82) is 0 Å². The van der Waals surface area contributed by atoms with Crippen LogP contribution in [0.5, 0.6) is 0 Å². The lowest BCUT2D eigenvalue weighted by Gasteiger charge is -2.57. The second-order valence-corrected chi connectivity index (χ2v) is 8.54. The zero-order chi connectivity index (χ0) is 17.2. The van der Waals surface area contributed by atoms with E-state index in [4.69, 9.17) is 23.8 Å². The molecule has 0 saturated heterocycles. The smallest absolute Gasteiger partial charge is 0.169 e. The first-order valence-electron chi connectivity index (χ1n) is 8.43. The van der Waals surface area contributed by atoms with Gasteiger partial charge in [0.1, 0.15) is 0 Å². The summed E-state index contributed by atoms with van der Waals surface area (Å²) in [6, 6.07) is 0. The Balaban J connectivity index is 2.69. The van der Waals surface area contributed by atoms with E-state index >= 15 is 0 Å². The summed E-state index contributed by atoms with van der Waals surface area (Å²) in [7, 11) is 1.89. The highest BCUT2D eigenvalue weighted by molar-refractivity contribution is 7.80. The van der Waals surface area contributed by atoms with Gasteiger partial charge in [0.15, 0.2) is 5.11 Å². The molecule has 0 bridgehead atoms. The zero-order valence-electron chi connectivity index (χ0n) is 14.7. The van der Waals surface area contributed by atoms with E-state index in [0.717, 1.165) is 11.7 Å². The summed E-state index contributed by atoms with van der Waals surface area (Å²) in [5.41, 5.74) is 1.62. The summed E-state index contributed by atoms with van der Waals surface area (Å²) in [5.74, 6) is 1.43. The van der Waals surface area contributed by atoms with E-state index in [-0.39, 0.29) is 10.9 Å². The molecule has 0 aliphatic heterocycles. The van der Waals surface area contributed by atoms with Gasteiger partial charge in [-0.05, 0) is 49.7 Å². The molecule has 130 valence electrons. The molecule has 1 aromatic heterocycles. The first-order chi connectivity index (χ1) is 10.9. The molecule has 0 amide bonds. The summed E-state index contributed by atoms with van der Waals surface area (Å²) in [4.78, 5) is 7.92. The SMILES string of the molecule is CCN(C(=S)NC)C1(c2cncs2)C(Cl)C(C)CCC1C(C)C. The number of hydrogen-bond acceptors (Lipinski definition) is 3. The average Bonchev–Trinajstić information content (AvgIpc) is 3.06. The molecule has 1 aliphatic rings. The highest BCUT2D eigenvalue weighted by Gasteiger charge is 2.56. The Morgan fingerprint density at radius 1 is 1.57 bits per heavy atom. The molecule has 1 N–H and O–H groups in total. The van der Waals surface area contributed by atoms with Crippen molar-refractivity contribution in [2.24, 2.45) is 17.8 Å². The number of thiocarbonyl (C=S) groups is 1. The molecule has 3 nitrogen and oxygen atoms in total. The van der Waals surface area contributed by atoms with Gasteiger partial charge in [0.2, 0.25) is 0 Å². The van der Waals surface area contributed by atoms with E-state index in [2.05, 4.69) is 42.9 Å². The van der Waals surface area contributed by atoms with Gasteiger partial charge >= 0.3 is 0 Å². The van der Waals surface area contributed by atoms with Gasteiger partial charge in [-0.3, -0.25) is 4.98 Å². The molecule has 4 atom stereocenters. The van der Waals surface area contributed by atoms with Gasteiger partial charge in [-0.2, -0.15) is 0 Å². The van der Waals surface area contributed by atoms with Crippen molar-refractivity contribution in [3.63, 3.8) is 0 Å². The second-order valence-electron chi connectivity index (χ2n) is 6.80. The fourth-order valence-corrected chi connectivity index (χ4v) is 6.01. The molecule has 1 aromatic rings. The van der Waals surface area contributed by atoms with Gasteiger partial charge in [-0.25, -0.2) is 0 Å². The van der Waals surface area contributed by atoms with Crippen molar-refractivity contribution in [1.82, 2.24) is 15.2 Å². The molecule has 1 heterocycles. The fraction of sp³-hybridized carbons (Fsp3) is 0.765. The van der Waals surface area contributed by atoms with Crippen LogP contribution >= 0.6 is 35.2 Å². The lowest BCUT2D eigenvalue weighted by Crippen LogP contribution is -2.64. The number of aromatic nitrogens is 1. The molecule has 1 saturated carbocycles. The largest absolute Gasteiger partial charge is 0.366 e. The fourth-order valence-electron chi connectivity index (χ4n) is 4.21. The van der Waals surface area contributed by atoms with Gasteiger partial charge in [0, 0.05) is 19.8 Å². The number of halogens is 1. The van der Waals surface area contributed by atoms with Crippen LogP contribution in [0.3, 0.4) is 0 Å².